The molecule has 2 N–H and O–H groups in total. The summed E-state index contributed by atoms with van der Waals surface area (Å²) in [5, 5.41) is 0. The van der Waals surface area contributed by atoms with E-state index in [4.69, 9.17) is 5.73 Å². The van der Waals surface area contributed by atoms with Gasteiger partial charge < -0.3 is 5.73 Å². The van der Waals surface area contributed by atoms with Crippen molar-refractivity contribution < 1.29 is 0 Å². The topological polar surface area (TPSA) is 29.3 Å². The Balaban J connectivity index is 1.95. The Morgan fingerprint density at radius 1 is 1.20 bits per heavy atom. The van der Waals surface area contributed by atoms with Crippen molar-refractivity contribution in [3.63, 3.8) is 0 Å². The van der Waals surface area contributed by atoms with Gasteiger partial charge in [-0.3, -0.25) is 4.90 Å². The van der Waals surface area contributed by atoms with Crippen molar-refractivity contribution in [2.75, 3.05) is 20.1 Å². The summed E-state index contributed by atoms with van der Waals surface area (Å²) in [5.41, 5.74) is 7.84. The van der Waals surface area contributed by atoms with Crippen molar-refractivity contribution in [2.24, 2.45) is 11.7 Å². The Morgan fingerprint density at radius 3 is 2.65 bits per heavy atom. The second-order valence-corrected chi connectivity index (χ2v) is 6.62. The zero-order chi connectivity index (χ0) is 14.4. The van der Waals surface area contributed by atoms with Gasteiger partial charge in [0.25, 0.3) is 0 Å². The molecule has 0 amide bonds. The van der Waals surface area contributed by atoms with Gasteiger partial charge in [0.15, 0.2) is 0 Å². The molecule has 112 valence electrons. The second kappa shape index (κ2) is 7.24. The fraction of sp³-hybridized carbons (Fsp3) is 0.667. The molecule has 1 aliphatic rings. The molecule has 0 saturated heterocycles. The van der Waals surface area contributed by atoms with Crippen LogP contribution in [0.1, 0.15) is 44.6 Å². The molecular weight excluding hydrogens is 244 g/mol. The molecule has 1 saturated carbocycles. The highest BCUT2D eigenvalue weighted by Crippen LogP contribution is 2.33. The van der Waals surface area contributed by atoms with Crippen LogP contribution in [0.15, 0.2) is 30.3 Å². The van der Waals surface area contributed by atoms with Crippen LogP contribution in [0.3, 0.4) is 0 Å². The van der Waals surface area contributed by atoms with Crippen molar-refractivity contribution in [3.05, 3.63) is 35.9 Å². The van der Waals surface area contributed by atoms with Crippen LogP contribution in [0.4, 0.5) is 0 Å². The smallest absolute Gasteiger partial charge is 0.0328 e. The van der Waals surface area contributed by atoms with Gasteiger partial charge in [0.05, 0.1) is 0 Å². The molecule has 1 aliphatic carbocycles. The molecule has 1 aromatic carbocycles. The molecule has 0 radical (unpaired) electrons. The summed E-state index contributed by atoms with van der Waals surface area (Å²) >= 11 is 0. The lowest BCUT2D eigenvalue weighted by molar-refractivity contribution is 0.107. The molecule has 1 aromatic rings. The fourth-order valence-corrected chi connectivity index (χ4v) is 3.48. The molecule has 2 atom stereocenters. The average molecular weight is 274 g/mol. The van der Waals surface area contributed by atoms with Crippen LogP contribution in [0.2, 0.25) is 0 Å². The van der Waals surface area contributed by atoms with Crippen LogP contribution >= 0.6 is 0 Å². The lowest BCUT2D eigenvalue weighted by atomic mass is 9.87. The van der Waals surface area contributed by atoms with E-state index in [0.29, 0.717) is 0 Å². The highest BCUT2D eigenvalue weighted by molar-refractivity contribution is 5.15. The van der Waals surface area contributed by atoms with Crippen LogP contribution in [0.25, 0.3) is 0 Å². The summed E-state index contributed by atoms with van der Waals surface area (Å²) in [6.45, 7) is 4.29. The third kappa shape index (κ3) is 3.83. The normalized spacial score (nSPS) is 27.5. The second-order valence-electron chi connectivity index (χ2n) is 6.62. The third-order valence-electron chi connectivity index (χ3n) is 5.21. The van der Waals surface area contributed by atoms with Crippen LogP contribution in [-0.4, -0.2) is 30.6 Å². The van der Waals surface area contributed by atoms with E-state index in [2.05, 4.69) is 49.2 Å². The van der Waals surface area contributed by atoms with E-state index in [1.54, 1.807) is 0 Å². The minimum absolute atomic E-state index is 0.236. The molecule has 20 heavy (non-hydrogen) atoms. The predicted octanol–water partition coefficient (Wildman–Crippen LogP) is 3.46. The number of nitrogens with two attached hydrogens (primary N) is 1. The first-order valence-electron chi connectivity index (χ1n) is 8.11. The molecule has 2 nitrogen and oxygen atoms in total. The lowest BCUT2D eigenvalue weighted by Gasteiger charge is -2.41. The monoisotopic (exact) mass is 274 g/mol. The molecule has 1 fully saturated rings. The number of nitrogens with zero attached hydrogens (tertiary/aromatic N) is 1. The largest absolute Gasteiger partial charge is 0.329 e. The Kier molecular flexibility index (Phi) is 5.62. The van der Waals surface area contributed by atoms with Crippen molar-refractivity contribution in [2.45, 2.75) is 51.0 Å². The molecule has 2 heteroatoms. The van der Waals surface area contributed by atoms with E-state index in [9.17, 15) is 0 Å². The fourth-order valence-electron chi connectivity index (χ4n) is 3.48. The number of benzene rings is 1. The summed E-state index contributed by atoms with van der Waals surface area (Å²) in [6.07, 6.45) is 7.67. The summed E-state index contributed by atoms with van der Waals surface area (Å²) in [6, 6.07) is 10.8. The van der Waals surface area contributed by atoms with Crippen molar-refractivity contribution in [3.8, 4) is 0 Å². The first kappa shape index (κ1) is 15.5. The number of hydrogen-bond acceptors (Lipinski definition) is 2. The Labute approximate surface area is 124 Å². The number of likely N-dealkylation sites (N-methyl/N-ethyl adjacent to an activating group) is 1. The van der Waals surface area contributed by atoms with E-state index in [1.807, 2.05) is 0 Å². The molecule has 0 spiro atoms. The average Bonchev–Trinajstić information content (AvgIpc) is 2.68. The van der Waals surface area contributed by atoms with Gasteiger partial charge in [0.2, 0.25) is 0 Å². The molecule has 0 aliphatic heterocycles. The Morgan fingerprint density at radius 2 is 1.95 bits per heavy atom. The van der Waals surface area contributed by atoms with Crippen LogP contribution in [-0.2, 0) is 6.42 Å². The lowest BCUT2D eigenvalue weighted by Crippen LogP contribution is -2.52. The van der Waals surface area contributed by atoms with Gasteiger partial charge in [0.1, 0.15) is 0 Å². The van der Waals surface area contributed by atoms with Gasteiger partial charge in [-0.15, -0.1) is 0 Å². The van der Waals surface area contributed by atoms with Crippen LogP contribution in [0.5, 0.6) is 0 Å². The first-order valence-corrected chi connectivity index (χ1v) is 8.11. The molecule has 0 bridgehead atoms. The minimum atomic E-state index is 0.236. The van der Waals surface area contributed by atoms with E-state index >= 15 is 0 Å². The standard InChI is InChI=1S/C18H30N2/c1-16-7-6-12-18(15-19,13-10-16)20(2)14-11-17-8-4-3-5-9-17/h3-5,8-9,16H,6-7,10-15,19H2,1-2H3. The van der Waals surface area contributed by atoms with Crippen molar-refractivity contribution in [1.29, 1.82) is 0 Å². The van der Waals surface area contributed by atoms with Crippen LogP contribution < -0.4 is 5.73 Å². The highest BCUT2D eigenvalue weighted by Gasteiger charge is 2.34. The van der Waals surface area contributed by atoms with Gasteiger partial charge in [-0.05, 0) is 44.2 Å². The molecular formula is C18H30N2. The molecule has 2 rings (SSSR count). The van der Waals surface area contributed by atoms with Gasteiger partial charge in [-0.25, -0.2) is 0 Å². The highest BCUT2D eigenvalue weighted by atomic mass is 15.2. The predicted molar refractivity (Wildman–Crippen MR) is 86.8 cm³/mol. The summed E-state index contributed by atoms with van der Waals surface area (Å²) in [5.74, 6) is 0.867. The Hall–Kier alpha value is -0.860. The maximum absolute atomic E-state index is 6.18. The van der Waals surface area contributed by atoms with Crippen molar-refractivity contribution >= 4 is 0 Å². The third-order valence-corrected chi connectivity index (χ3v) is 5.21. The van der Waals surface area contributed by atoms with Crippen molar-refractivity contribution in [1.82, 2.24) is 4.90 Å². The number of hydrogen-bond donors (Lipinski definition) is 1. The van der Waals surface area contributed by atoms with E-state index in [1.165, 1.54) is 37.7 Å². The van der Waals surface area contributed by atoms with Crippen LogP contribution in [0, 0.1) is 5.92 Å². The molecule has 0 aromatic heterocycles. The summed E-state index contributed by atoms with van der Waals surface area (Å²) < 4.78 is 0. The van der Waals surface area contributed by atoms with Gasteiger partial charge in [0, 0.05) is 18.6 Å². The van der Waals surface area contributed by atoms with E-state index in [0.717, 1.165) is 25.4 Å². The number of rotatable bonds is 5. The zero-order valence-electron chi connectivity index (χ0n) is 13.1. The molecule has 2 unspecified atom stereocenters. The van der Waals surface area contributed by atoms with Gasteiger partial charge in [-0.2, -0.15) is 0 Å². The Bertz CT molecular complexity index is 390. The maximum Gasteiger partial charge on any atom is 0.0328 e. The summed E-state index contributed by atoms with van der Waals surface area (Å²) in [4.78, 5) is 2.54. The van der Waals surface area contributed by atoms with E-state index < -0.39 is 0 Å². The zero-order valence-corrected chi connectivity index (χ0v) is 13.1. The molecule has 0 heterocycles. The van der Waals surface area contributed by atoms with Gasteiger partial charge >= 0.3 is 0 Å². The van der Waals surface area contributed by atoms with E-state index in [-0.39, 0.29) is 5.54 Å². The minimum Gasteiger partial charge on any atom is -0.329 e. The summed E-state index contributed by atoms with van der Waals surface area (Å²) in [7, 11) is 2.27. The first-order chi connectivity index (χ1) is 9.66. The van der Waals surface area contributed by atoms with Gasteiger partial charge in [-0.1, -0.05) is 50.1 Å². The SMILES string of the molecule is CC1CCCC(CN)(N(C)CCc2ccccc2)CC1. The maximum atomic E-state index is 6.18. The quantitative estimate of drug-likeness (QED) is 0.833.